The fourth-order valence-corrected chi connectivity index (χ4v) is 3.05. The molecule has 3 aromatic heterocycles. The van der Waals surface area contributed by atoms with Gasteiger partial charge in [0, 0.05) is 39.7 Å². The van der Waals surface area contributed by atoms with E-state index in [9.17, 15) is 4.79 Å². The van der Waals surface area contributed by atoms with Crippen molar-refractivity contribution < 1.29 is 9.47 Å². The van der Waals surface area contributed by atoms with Gasteiger partial charge in [-0.25, -0.2) is 4.98 Å². The Morgan fingerprint density at radius 2 is 1.76 bits per heavy atom. The number of hydrogen-bond donors (Lipinski definition) is 2. The highest BCUT2D eigenvalue weighted by atomic mass is 16.5. The zero-order valence-corrected chi connectivity index (χ0v) is 14.0. The molecule has 0 fully saturated rings. The summed E-state index contributed by atoms with van der Waals surface area (Å²) in [5.41, 5.74) is 2.88. The molecule has 4 aromatic rings. The van der Waals surface area contributed by atoms with Crippen molar-refractivity contribution in [1.29, 1.82) is 0 Å². The maximum Gasteiger partial charge on any atom is 0.247 e. The fraction of sp³-hybridized carbons (Fsp3) is 0.167. The Balaban J connectivity index is 2.17. The number of aromatic nitrogens is 4. The Bertz CT molecular complexity index is 1140. The van der Waals surface area contributed by atoms with Crippen LogP contribution in [-0.2, 0) is 0 Å². The van der Waals surface area contributed by atoms with Crippen LogP contribution in [0.5, 0.6) is 11.5 Å². The van der Waals surface area contributed by atoms with Gasteiger partial charge in [-0.3, -0.25) is 9.89 Å². The molecule has 0 aliphatic carbocycles. The summed E-state index contributed by atoms with van der Waals surface area (Å²) in [6.45, 7) is 1.95. The zero-order valence-electron chi connectivity index (χ0n) is 14.0. The van der Waals surface area contributed by atoms with Gasteiger partial charge in [0.15, 0.2) is 17.1 Å². The predicted molar refractivity (Wildman–Crippen MR) is 95.3 cm³/mol. The smallest absolute Gasteiger partial charge is 0.247 e. The monoisotopic (exact) mass is 336 g/mol. The van der Waals surface area contributed by atoms with Gasteiger partial charge in [-0.2, -0.15) is 5.10 Å². The van der Waals surface area contributed by atoms with Gasteiger partial charge in [-0.05, 0) is 25.1 Å². The average Bonchev–Trinajstić information content (AvgIpc) is 3.01. The number of methoxy groups -OCH3 is 2. The van der Waals surface area contributed by atoms with Crippen LogP contribution in [0.3, 0.4) is 0 Å². The Morgan fingerprint density at radius 3 is 2.40 bits per heavy atom. The van der Waals surface area contributed by atoms with Gasteiger partial charge >= 0.3 is 0 Å². The van der Waals surface area contributed by atoms with Crippen LogP contribution in [0, 0.1) is 6.92 Å². The zero-order chi connectivity index (χ0) is 17.6. The second-order valence-electron chi connectivity index (χ2n) is 5.70. The highest BCUT2D eigenvalue weighted by Crippen LogP contribution is 2.39. The van der Waals surface area contributed by atoms with Crippen molar-refractivity contribution in [1.82, 2.24) is 20.2 Å². The SMILES string of the molecule is COc1cc2c(-c3ccc(=O)[nH]c3)nc3n[nH]c(C)c3c2cc1OC. The molecule has 7 nitrogen and oxygen atoms in total. The van der Waals surface area contributed by atoms with Crippen molar-refractivity contribution in [3.63, 3.8) is 0 Å². The Kier molecular flexibility index (Phi) is 3.42. The number of aromatic amines is 2. The quantitative estimate of drug-likeness (QED) is 0.600. The second kappa shape index (κ2) is 5.62. The standard InChI is InChI=1S/C18H16N4O3/c1-9-16-11-6-13(24-2)14(25-3)7-12(11)17(20-18(16)22-21-9)10-4-5-15(23)19-8-10/h4-8H,1-3H3,(H,19,23)(H,20,21,22). The number of pyridine rings is 2. The minimum atomic E-state index is -0.163. The maximum atomic E-state index is 11.4. The number of benzene rings is 1. The summed E-state index contributed by atoms with van der Waals surface area (Å²) >= 11 is 0. The number of aryl methyl sites for hydroxylation is 1. The number of ether oxygens (including phenoxy) is 2. The molecule has 0 aliphatic heterocycles. The molecule has 126 valence electrons. The number of nitrogens with one attached hydrogen (secondary N) is 2. The van der Waals surface area contributed by atoms with Crippen LogP contribution in [0.1, 0.15) is 5.69 Å². The summed E-state index contributed by atoms with van der Waals surface area (Å²) in [6, 6.07) is 7.04. The van der Waals surface area contributed by atoms with E-state index in [0.717, 1.165) is 27.4 Å². The van der Waals surface area contributed by atoms with Crippen molar-refractivity contribution in [3.05, 3.63) is 46.5 Å². The number of hydrogen-bond acceptors (Lipinski definition) is 5. The molecule has 2 N–H and O–H groups in total. The Morgan fingerprint density at radius 1 is 1.04 bits per heavy atom. The summed E-state index contributed by atoms with van der Waals surface area (Å²) in [4.78, 5) is 18.8. The molecule has 3 heterocycles. The first-order chi connectivity index (χ1) is 12.1. The lowest BCUT2D eigenvalue weighted by Gasteiger charge is -2.12. The van der Waals surface area contributed by atoms with Gasteiger partial charge in [0.05, 0.1) is 19.9 Å². The molecule has 25 heavy (non-hydrogen) atoms. The van der Waals surface area contributed by atoms with Crippen LogP contribution in [0.4, 0.5) is 0 Å². The third-order valence-corrected chi connectivity index (χ3v) is 4.25. The first-order valence-corrected chi connectivity index (χ1v) is 7.72. The Labute approximate surface area is 142 Å². The predicted octanol–water partition coefficient (Wildman–Crippen LogP) is 2.79. The third-order valence-electron chi connectivity index (χ3n) is 4.25. The van der Waals surface area contributed by atoms with Crippen molar-refractivity contribution in [2.45, 2.75) is 6.92 Å². The molecule has 4 rings (SSSR count). The van der Waals surface area contributed by atoms with Crippen LogP contribution in [0.25, 0.3) is 33.1 Å². The molecule has 0 aliphatic rings. The van der Waals surface area contributed by atoms with Crippen molar-refractivity contribution in [2.75, 3.05) is 14.2 Å². The molecule has 1 aromatic carbocycles. The lowest BCUT2D eigenvalue weighted by atomic mass is 10.0. The molecular weight excluding hydrogens is 320 g/mol. The summed E-state index contributed by atoms with van der Waals surface area (Å²) in [5, 5.41) is 10.0. The number of H-pyrrole nitrogens is 2. The molecule has 0 saturated heterocycles. The molecule has 0 bridgehead atoms. The minimum absolute atomic E-state index is 0.163. The van der Waals surface area contributed by atoms with Gasteiger partial charge in [0.2, 0.25) is 5.56 Å². The van der Waals surface area contributed by atoms with E-state index >= 15 is 0 Å². The van der Waals surface area contributed by atoms with E-state index in [1.165, 1.54) is 6.07 Å². The molecule has 7 heteroatoms. The van der Waals surface area contributed by atoms with E-state index in [4.69, 9.17) is 14.5 Å². The maximum absolute atomic E-state index is 11.4. The third kappa shape index (κ3) is 2.32. The van der Waals surface area contributed by atoms with Crippen molar-refractivity contribution >= 4 is 21.8 Å². The van der Waals surface area contributed by atoms with Crippen LogP contribution in [-0.4, -0.2) is 34.4 Å². The number of rotatable bonds is 3. The summed E-state index contributed by atoms with van der Waals surface area (Å²) in [7, 11) is 3.20. The first-order valence-electron chi connectivity index (χ1n) is 7.72. The lowest BCUT2D eigenvalue weighted by molar-refractivity contribution is 0.356. The van der Waals surface area contributed by atoms with Crippen LogP contribution < -0.4 is 15.0 Å². The molecular formula is C18H16N4O3. The fourth-order valence-electron chi connectivity index (χ4n) is 3.05. The highest BCUT2D eigenvalue weighted by molar-refractivity contribution is 6.12. The van der Waals surface area contributed by atoms with Crippen LogP contribution >= 0.6 is 0 Å². The number of fused-ring (bicyclic) bond motifs is 3. The lowest BCUT2D eigenvalue weighted by Crippen LogP contribution is -2.02. The molecule has 0 radical (unpaired) electrons. The highest BCUT2D eigenvalue weighted by Gasteiger charge is 2.17. The van der Waals surface area contributed by atoms with E-state index in [1.54, 1.807) is 26.5 Å². The first kappa shape index (κ1) is 15.2. The topological polar surface area (TPSA) is 92.9 Å². The van der Waals surface area contributed by atoms with E-state index < -0.39 is 0 Å². The van der Waals surface area contributed by atoms with Crippen molar-refractivity contribution in [2.24, 2.45) is 0 Å². The van der Waals surface area contributed by atoms with E-state index in [1.807, 2.05) is 19.1 Å². The van der Waals surface area contributed by atoms with Gasteiger partial charge in [-0.1, -0.05) is 0 Å². The van der Waals surface area contributed by atoms with E-state index in [0.29, 0.717) is 22.8 Å². The minimum Gasteiger partial charge on any atom is -0.493 e. The molecule has 0 spiro atoms. The summed E-state index contributed by atoms with van der Waals surface area (Å²) < 4.78 is 10.9. The van der Waals surface area contributed by atoms with Crippen LogP contribution in [0.15, 0.2) is 35.3 Å². The van der Waals surface area contributed by atoms with Crippen molar-refractivity contribution in [3.8, 4) is 22.8 Å². The van der Waals surface area contributed by atoms with Gasteiger partial charge in [-0.15, -0.1) is 0 Å². The van der Waals surface area contributed by atoms with E-state index in [-0.39, 0.29) is 5.56 Å². The van der Waals surface area contributed by atoms with Gasteiger partial charge < -0.3 is 14.5 Å². The van der Waals surface area contributed by atoms with Gasteiger partial charge in [0.1, 0.15) is 0 Å². The molecule has 0 unspecified atom stereocenters. The summed E-state index contributed by atoms with van der Waals surface area (Å²) in [6.07, 6.45) is 1.64. The molecule has 0 amide bonds. The number of nitrogens with zero attached hydrogens (tertiary/aromatic N) is 2. The largest absolute Gasteiger partial charge is 0.493 e. The van der Waals surface area contributed by atoms with Crippen LogP contribution in [0.2, 0.25) is 0 Å². The molecule has 0 saturated carbocycles. The van der Waals surface area contributed by atoms with E-state index in [2.05, 4.69) is 15.2 Å². The average molecular weight is 336 g/mol. The summed E-state index contributed by atoms with van der Waals surface area (Å²) in [5.74, 6) is 1.25. The molecule has 0 atom stereocenters. The Hall–Kier alpha value is -3.35. The normalized spacial score (nSPS) is 11.2. The second-order valence-corrected chi connectivity index (χ2v) is 5.70. The van der Waals surface area contributed by atoms with Gasteiger partial charge in [0.25, 0.3) is 0 Å².